The summed E-state index contributed by atoms with van der Waals surface area (Å²) in [5, 5.41) is 17.3. The highest BCUT2D eigenvalue weighted by Crippen LogP contribution is 2.46. The fourth-order valence-corrected chi connectivity index (χ4v) is 9.27. The Morgan fingerprint density at radius 1 is 0.932 bits per heavy atom. The molecule has 0 spiro atoms. The van der Waals surface area contributed by atoms with Crippen LogP contribution in [0.1, 0.15) is 119 Å². The summed E-state index contributed by atoms with van der Waals surface area (Å²) in [6.07, 6.45) is 14.7. The number of nitrogens with one attached hydrogen (secondary N) is 2. The van der Waals surface area contributed by atoms with Gasteiger partial charge in [-0.3, -0.25) is 4.79 Å². The average Bonchev–Trinajstić information content (AvgIpc) is 3.52. The summed E-state index contributed by atoms with van der Waals surface area (Å²) in [6.45, 7) is 11.1. The molecule has 5 nitrogen and oxygen atoms in total. The van der Waals surface area contributed by atoms with Crippen LogP contribution in [0.2, 0.25) is 0 Å². The summed E-state index contributed by atoms with van der Waals surface area (Å²) in [5.41, 5.74) is 5.21. The Kier molecular flexibility index (Phi) is 12.9. The number of hydrogen-bond acceptors (Lipinski definition) is 6. The zero-order valence-corrected chi connectivity index (χ0v) is 28.8. The van der Waals surface area contributed by atoms with Crippen molar-refractivity contribution in [3.8, 4) is 0 Å². The van der Waals surface area contributed by atoms with Gasteiger partial charge in [-0.1, -0.05) is 92.5 Å². The van der Waals surface area contributed by atoms with E-state index in [1.165, 1.54) is 49.0 Å². The molecule has 44 heavy (non-hydrogen) atoms. The number of unbranched alkanes of at least 4 members (excludes halogenated alkanes) is 3. The second kappa shape index (κ2) is 16.4. The van der Waals surface area contributed by atoms with Crippen LogP contribution in [0.4, 0.5) is 5.69 Å². The first kappa shape index (κ1) is 34.6. The van der Waals surface area contributed by atoms with E-state index >= 15 is 0 Å². The van der Waals surface area contributed by atoms with Crippen molar-refractivity contribution in [2.45, 2.75) is 114 Å². The van der Waals surface area contributed by atoms with Crippen molar-refractivity contribution in [2.75, 3.05) is 24.2 Å². The van der Waals surface area contributed by atoms with Crippen molar-refractivity contribution < 1.29 is 14.7 Å². The first-order valence-corrected chi connectivity index (χ1v) is 18.9. The number of anilines is 1. The van der Waals surface area contributed by atoms with Crippen LogP contribution in [0.5, 0.6) is 0 Å². The molecule has 1 saturated heterocycles. The second-order valence-electron chi connectivity index (χ2n) is 13.8. The highest BCUT2D eigenvalue weighted by Gasteiger charge is 2.37. The van der Waals surface area contributed by atoms with Gasteiger partial charge in [-0.25, -0.2) is 4.79 Å². The Hall–Kier alpha value is -2.22. The maximum atomic E-state index is 13.1. The van der Waals surface area contributed by atoms with Crippen LogP contribution in [0.25, 0.3) is 6.08 Å². The molecule has 2 aliphatic rings. The summed E-state index contributed by atoms with van der Waals surface area (Å²) in [4.78, 5) is 24.9. The fourth-order valence-electron chi connectivity index (χ4n) is 6.25. The van der Waals surface area contributed by atoms with Gasteiger partial charge in [-0.15, -0.1) is 0 Å². The molecule has 2 aromatic rings. The first-order valence-electron chi connectivity index (χ1n) is 16.5. The van der Waals surface area contributed by atoms with Gasteiger partial charge in [-0.2, -0.15) is 0 Å². The maximum absolute atomic E-state index is 13.1. The summed E-state index contributed by atoms with van der Waals surface area (Å²) in [6, 6.07) is 13.2. The molecule has 1 aliphatic carbocycles. The van der Waals surface area contributed by atoms with Gasteiger partial charge in [0.05, 0.1) is 0 Å². The number of aliphatic carboxylic acids is 1. The molecular weight excluding hydrogens is 585 g/mol. The molecule has 1 unspecified atom stereocenters. The highest BCUT2D eigenvalue weighted by molar-refractivity contribution is 8.77. The van der Waals surface area contributed by atoms with Crippen LogP contribution in [0, 0.1) is 0 Å². The van der Waals surface area contributed by atoms with Gasteiger partial charge in [-0.05, 0) is 116 Å². The number of rotatable bonds is 17. The van der Waals surface area contributed by atoms with E-state index in [0.717, 1.165) is 60.8 Å². The molecule has 240 valence electrons. The highest BCUT2D eigenvalue weighted by atomic mass is 33.1. The summed E-state index contributed by atoms with van der Waals surface area (Å²) in [7, 11) is 4.09. The van der Waals surface area contributed by atoms with Crippen LogP contribution in [-0.4, -0.2) is 47.0 Å². The predicted molar refractivity (Wildman–Crippen MR) is 190 cm³/mol. The number of ketones is 1. The van der Waals surface area contributed by atoms with Gasteiger partial charge in [0.25, 0.3) is 0 Å². The van der Waals surface area contributed by atoms with Crippen LogP contribution in [0.3, 0.4) is 0 Å². The number of carboxylic acid groups (broad SMARTS) is 1. The van der Waals surface area contributed by atoms with Gasteiger partial charge in [0.2, 0.25) is 0 Å². The van der Waals surface area contributed by atoms with Crippen molar-refractivity contribution in [2.24, 2.45) is 0 Å². The van der Waals surface area contributed by atoms with E-state index in [1.54, 1.807) is 6.08 Å². The van der Waals surface area contributed by atoms with Crippen molar-refractivity contribution in [3.05, 3.63) is 70.8 Å². The lowest BCUT2D eigenvalue weighted by molar-refractivity contribution is -0.138. The van der Waals surface area contributed by atoms with Crippen LogP contribution in [0.15, 0.2) is 48.5 Å². The molecule has 1 heterocycles. The molecular formula is C37H52N2O3S2. The van der Waals surface area contributed by atoms with E-state index in [-0.39, 0.29) is 16.6 Å². The van der Waals surface area contributed by atoms with E-state index in [9.17, 15) is 14.7 Å². The minimum atomic E-state index is -0.831. The molecule has 1 aliphatic heterocycles. The molecule has 0 saturated carbocycles. The van der Waals surface area contributed by atoms with Gasteiger partial charge in [0.15, 0.2) is 5.78 Å². The van der Waals surface area contributed by atoms with Gasteiger partial charge < -0.3 is 15.7 Å². The van der Waals surface area contributed by atoms with Crippen LogP contribution in [-0.2, 0) is 15.6 Å². The minimum absolute atomic E-state index is 0.00706. The predicted octanol–water partition coefficient (Wildman–Crippen LogP) is 9.27. The maximum Gasteiger partial charge on any atom is 0.326 e. The van der Waals surface area contributed by atoms with E-state index < -0.39 is 12.0 Å². The van der Waals surface area contributed by atoms with Crippen molar-refractivity contribution in [3.63, 3.8) is 0 Å². The lowest BCUT2D eigenvalue weighted by atomic mass is 9.63. The molecule has 7 heteroatoms. The summed E-state index contributed by atoms with van der Waals surface area (Å²) >= 11 is 0. The Labute approximate surface area is 273 Å². The normalized spacial score (nSPS) is 19.5. The number of carbonyl (C=O) groups is 2. The number of carbonyl (C=O) groups excluding carboxylic acids is 1. The first-order chi connectivity index (χ1) is 21.0. The monoisotopic (exact) mass is 636 g/mol. The Balaban J connectivity index is 1.18. The van der Waals surface area contributed by atoms with E-state index in [2.05, 4.69) is 61.3 Å². The van der Waals surface area contributed by atoms with Gasteiger partial charge in [0.1, 0.15) is 6.04 Å². The number of allylic oxidation sites excluding steroid dienone is 1. The minimum Gasteiger partial charge on any atom is -0.480 e. The SMILES string of the molecule is CC1(C)CCC(C)(C)c2cc(C(=O)/C=C/c3ccc(NC(CCCCNCCCCC[C@@H]4CCSS4)C(=O)O)cc3)ccc21. The quantitative estimate of drug-likeness (QED) is 0.0691. The lowest BCUT2D eigenvalue weighted by Gasteiger charge is -2.42. The van der Waals surface area contributed by atoms with Gasteiger partial charge in [0, 0.05) is 22.3 Å². The van der Waals surface area contributed by atoms with E-state index in [0.29, 0.717) is 6.42 Å². The lowest BCUT2D eigenvalue weighted by Crippen LogP contribution is -2.34. The molecule has 1 fully saturated rings. The third kappa shape index (κ3) is 10.1. The van der Waals surface area contributed by atoms with Crippen LogP contribution < -0.4 is 10.6 Å². The molecule has 0 aromatic heterocycles. The Bertz CT molecular complexity index is 1270. The number of carboxylic acids is 1. The molecule has 3 N–H and O–H groups in total. The van der Waals surface area contributed by atoms with Crippen molar-refractivity contribution >= 4 is 45.1 Å². The smallest absolute Gasteiger partial charge is 0.326 e. The molecule has 2 aromatic carbocycles. The second-order valence-corrected chi connectivity index (χ2v) is 16.6. The number of benzene rings is 2. The zero-order valence-electron chi connectivity index (χ0n) is 27.1. The third-order valence-electron chi connectivity index (χ3n) is 9.32. The number of hydrogen-bond donors (Lipinski definition) is 3. The molecule has 0 amide bonds. The molecule has 4 rings (SSSR count). The zero-order chi connectivity index (χ0) is 31.6. The fraction of sp³-hybridized carbons (Fsp3) is 0.568. The summed E-state index contributed by atoms with van der Waals surface area (Å²) in [5.74, 6) is 0.479. The molecule has 2 atom stereocenters. The van der Waals surface area contributed by atoms with Crippen molar-refractivity contribution in [1.82, 2.24) is 5.32 Å². The Morgan fingerprint density at radius 2 is 1.64 bits per heavy atom. The molecule has 0 radical (unpaired) electrons. The standard InChI is InChI=1S/C37H52N2O3S2/c1-36(2)21-22-37(3,4)32-26-28(15-18-31(32)36)34(40)19-14-27-12-16-29(17-13-27)39-33(35(41)42)11-7-9-24-38-23-8-5-6-10-30-20-25-43-44-30/h12-19,26,30,33,38-39H,5-11,20-25H2,1-4H3,(H,41,42)/b19-14+/t30-,33?/m1/s1. The van der Waals surface area contributed by atoms with Crippen molar-refractivity contribution in [1.29, 1.82) is 0 Å². The van der Waals surface area contributed by atoms with Crippen LogP contribution >= 0.6 is 21.6 Å². The topological polar surface area (TPSA) is 78.4 Å². The van der Waals surface area contributed by atoms with E-state index in [1.807, 2.05) is 47.2 Å². The molecule has 0 bridgehead atoms. The van der Waals surface area contributed by atoms with E-state index in [4.69, 9.17) is 0 Å². The average molecular weight is 637 g/mol. The third-order valence-corrected chi connectivity index (χ3v) is 12.3. The van der Waals surface area contributed by atoms with Gasteiger partial charge >= 0.3 is 5.97 Å². The Morgan fingerprint density at radius 3 is 2.32 bits per heavy atom. The summed E-state index contributed by atoms with van der Waals surface area (Å²) < 4.78 is 0. The number of fused-ring (bicyclic) bond motifs is 1. The largest absolute Gasteiger partial charge is 0.480 e.